The molecule has 0 saturated carbocycles. The lowest BCUT2D eigenvalue weighted by molar-refractivity contribution is -0.129. The number of nitrogen functional groups attached to an aromatic ring is 1. The molecule has 7 nitrogen and oxygen atoms in total. The van der Waals surface area contributed by atoms with Crippen molar-refractivity contribution in [2.24, 2.45) is 5.73 Å². The summed E-state index contributed by atoms with van der Waals surface area (Å²) in [6.45, 7) is 4.07. The number of nitrogens with two attached hydrogens (primary N) is 2. The normalized spacial score (nSPS) is 15.4. The molecular formula is C12H17N5O2. The average molecular weight is 263 g/mol. The van der Waals surface area contributed by atoms with E-state index in [1.807, 2.05) is 4.90 Å². The molecule has 0 spiro atoms. The molecule has 1 aliphatic rings. The predicted octanol–water partition coefficient (Wildman–Crippen LogP) is -0.569. The summed E-state index contributed by atoms with van der Waals surface area (Å²) in [5.74, 6) is 0.0367. The third-order valence-corrected chi connectivity index (χ3v) is 3.18. The fraction of sp³-hybridized carbons (Fsp3) is 0.417. The van der Waals surface area contributed by atoms with Crippen molar-refractivity contribution in [1.82, 2.24) is 9.88 Å². The van der Waals surface area contributed by atoms with Crippen molar-refractivity contribution in [2.45, 2.75) is 6.92 Å². The van der Waals surface area contributed by atoms with Crippen molar-refractivity contribution < 1.29 is 9.59 Å². The highest BCUT2D eigenvalue weighted by atomic mass is 16.2. The summed E-state index contributed by atoms with van der Waals surface area (Å²) in [4.78, 5) is 30.3. The van der Waals surface area contributed by atoms with Gasteiger partial charge in [0.2, 0.25) is 5.91 Å². The number of pyridine rings is 1. The lowest BCUT2D eigenvalue weighted by atomic mass is 10.2. The van der Waals surface area contributed by atoms with Crippen LogP contribution in [-0.2, 0) is 4.79 Å². The molecule has 1 aliphatic heterocycles. The van der Waals surface area contributed by atoms with Crippen LogP contribution in [0.2, 0.25) is 0 Å². The molecule has 2 amide bonds. The zero-order valence-electron chi connectivity index (χ0n) is 10.8. The molecule has 1 aromatic heterocycles. The summed E-state index contributed by atoms with van der Waals surface area (Å²) >= 11 is 0. The van der Waals surface area contributed by atoms with Crippen LogP contribution in [0.1, 0.15) is 17.4 Å². The number of rotatable bonds is 2. The third-order valence-electron chi connectivity index (χ3n) is 3.18. The van der Waals surface area contributed by atoms with Crippen molar-refractivity contribution in [2.75, 3.05) is 36.8 Å². The first-order chi connectivity index (χ1) is 8.99. The molecule has 7 heteroatoms. The highest BCUT2D eigenvalue weighted by Crippen LogP contribution is 2.22. The molecular weight excluding hydrogens is 246 g/mol. The van der Waals surface area contributed by atoms with Crippen molar-refractivity contribution in [3.8, 4) is 0 Å². The zero-order chi connectivity index (χ0) is 14.0. The maximum atomic E-state index is 11.3. The number of primary amides is 1. The first-order valence-corrected chi connectivity index (χ1v) is 6.06. The lowest BCUT2D eigenvalue weighted by Gasteiger charge is -2.35. The number of piperazine rings is 1. The van der Waals surface area contributed by atoms with Gasteiger partial charge in [-0.15, -0.1) is 0 Å². The molecule has 102 valence electrons. The van der Waals surface area contributed by atoms with Crippen molar-refractivity contribution in [3.05, 3.63) is 17.8 Å². The van der Waals surface area contributed by atoms with Crippen LogP contribution in [0.15, 0.2) is 12.1 Å². The molecule has 2 rings (SSSR count). The second-order valence-electron chi connectivity index (χ2n) is 4.47. The van der Waals surface area contributed by atoms with Crippen molar-refractivity contribution >= 4 is 23.3 Å². The van der Waals surface area contributed by atoms with Crippen molar-refractivity contribution in [1.29, 1.82) is 0 Å². The topological polar surface area (TPSA) is 106 Å². The smallest absolute Gasteiger partial charge is 0.267 e. The van der Waals surface area contributed by atoms with E-state index in [2.05, 4.69) is 4.98 Å². The van der Waals surface area contributed by atoms with Crippen LogP contribution < -0.4 is 16.4 Å². The Morgan fingerprint density at radius 3 is 2.37 bits per heavy atom. The van der Waals surface area contributed by atoms with E-state index in [9.17, 15) is 9.59 Å². The van der Waals surface area contributed by atoms with Gasteiger partial charge in [0.05, 0.1) is 5.69 Å². The van der Waals surface area contributed by atoms with Gasteiger partial charge in [-0.25, -0.2) is 4.98 Å². The second-order valence-corrected chi connectivity index (χ2v) is 4.47. The van der Waals surface area contributed by atoms with Gasteiger partial charge in [-0.05, 0) is 12.1 Å². The van der Waals surface area contributed by atoms with Gasteiger partial charge in [-0.1, -0.05) is 0 Å². The highest BCUT2D eigenvalue weighted by molar-refractivity contribution is 5.92. The molecule has 0 aliphatic carbocycles. The summed E-state index contributed by atoms with van der Waals surface area (Å²) in [6.07, 6.45) is 0. The summed E-state index contributed by atoms with van der Waals surface area (Å²) in [6, 6.07) is 3.13. The molecule has 0 bridgehead atoms. The van der Waals surface area contributed by atoms with E-state index in [4.69, 9.17) is 11.5 Å². The summed E-state index contributed by atoms with van der Waals surface area (Å²) in [5.41, 5.74) is 11.8. The van der Waals surface area contributed by atoms with Crippen LogP contribution in [-0.4, -0.2) is 47.9 Å². The molecule has 0 radical (unpaired) electrons. The van der Waals surface area contributed by atoms with Gasteiger partial charge < -0.3 is 21.3 Å². The van der Waals surface area contributed by atoms with E-state index < -0.39 is 5.91 Å². The Hall–Kier alpha value is -2.31. The van der Waals surface area contributed by atoms with E-state index in [0.717, 1.165) is 0 Å². The zero-order valence-corrected chi connectivity index (χ0v) is 10.8. The average Bonchev–Trinajstić information content (AvgIpc) is 2.39. The first-order valence-electron chi connectivity index (χ1n) is 6.06. The third kappa shape index (κ3) is 2.75. The molecule has 2 heterocycles. The Bertz CT molecular complexity index is 509. The molecule has 1 fully saturated rings. The number of hydrogen-bond acceptors (Lipinski definition) is 5. The van der Waals surface area contributed by atoms with Crippen LogP contribution in [0, 0.1) is 0 Å². The highest BCUT2D eigenvalue weighted by Gasteiger charge is 2.21. The largest absolute Gasteiger partial charge is 0.396 e. The second kappa shape index (κ2) is 5.13. The van der Waals surface area contributed by atoms with Gasteiger partial charge in [-0.2, -0.15) is 0 Å². The van der Waals surface area contributed by atoms with Gasteiger partial charge in [0, 0.05) is 33.1 Å². The van der Waals surface area contributed by atoms with E-state index in [1.54, 1.807) is 17.9 Å². The standard InChI is InChI=1S/C12H17N5O2/c1-8(18)16-4-6-17(7-5-16)12-9(13)2-3-10(15-12)11(14)19/h2-3H,4-7,13H2,1H3,(H2,14,19). The number of carbonyl (C=O) groups excluding carboxylic acids is 2. The Labute approximate surface area is 111 Å². The quantitative estimate of drug-likeness (QED) is 0.743. The minimum Gasteiger partial charge on any atom is -0.396 e. The molecule has 4 N–H and O–H groups in total. The molecule has 0 unspecified atom stereocenters. The molecule has 19 heavy (non-hydrogen) atoms. The fourth-order valence-electron chi connectivity index (χ4n) is 2.08. The maximum Gasteiger partial charge on any atom is 0.267 e. The SMILES string of the molecule is CC(=O)N1CCN(c2nc(C(N)=O)ccc2N)CC1. The number of nitrogens with zero attached hydrogens (tertiary/aromatic N) is 3. The fourth-order valence-corrected chi connectivity index (χ4v) is 2.08. The van der Waals surface area contributed by atoms with Crippen LogP contribution in [0.25, 0.3) is 0 Å². The van der Waals surface area contributed by atoms with Crippen LogP contribution in [0.4, 0.5) is 11.5 Å². The van der Waals surface area contributed by atoms with Crippen LogP contribution >= 0.6 is 0 Å². The monoisotopic (exact) mass is 263 g/mol. The van der Waals surface area contributed by atoms with E-state index >= 15 is 0 Å². The first kappa shape index (κ1) is 13.1. The maximum absolute atomic E-state index is 11.3. The molecule has 1 aromatic rings. The summed E-state index contributed by atoms with van der Waals surface area (Å²) < 4.78 is 0. The Morgan fingerprint density at radius 2 is 1.84 bits per heavy atom. The Morgan fingerprint density at radius 1 is 1.21 bits per heavy atom. The van der Waals surface area contributed by atoms with E-state index in [-0.39, 0.29) is 11.6 Å². The predicted molar refractivity (Wildman–Crippen MR) is 71.6 cm³/mol. The lowest BCUT2D eigenvalue weighted by Crippen LogP contribution is -2.48. The number of amides is 2. The molecule has 1 saturated heterocycles. The van der Waals surface area contributed by atoms with E-state index in [1.165, 1.54) is 6.07 Å². The van der Waals surface area contributed by atoms with Crippen LogP contribution in [0.3, 0.4) is 0 Å². The van der Waals surface area contributed by atoms with Gasteiger partial charge in [0.1, 0.15) is 5.69 Å². The van der Waals surface area contributed by atoms with Gasteiger partial charge in [-0.3, -0.25) is 9.59 Å². The summed E-state index contributed by atoms with van der Waals surface area (Å²) in [5, 5.41) is 0. The van der Waals surface area contributed by atoms with E-state index in [0.29, 0.717) is 37.7 Å². The van der Waals surface area contributed by atoms with Gasteiger partial charge in [0.15, 0.2) is 5.82 Å². The summed E-state index contributed by atoms with van der Waals surface area (Å²) in [7, 11) is 0. The molecule has 0 aromatic carbocycles. The van der Waals surface area contributed by atoms with Gasteiger partial charge >= 0.3 is 0 Å². The Balaban J connectivity index is 2.17. The number of hydrogen-bond donors (Lipinski definition) is 2. The number of aromatic nitrogens is 1. The van der Waals surface area contributed by atoms with Gasteiger partial charge in [0.25, 0.3) is 5.91 Å². The molecule has 0 atom stereocenters. The van der Waals surface area contributed by atoms with Crippen molar-refractivity contribution in [3.63, 3.8) is 0 Å². The minimum atomic E-state index is -0.580. The number of carbonyl (C=O) groups is 2. The van der Waals surface area contributed by atoms with Crippen LogP contribution in [0.5, 0.6) is 0 Å². The minimum absolute atomic E-state index is 0.0615. The number of anilines is 2. The Kier molecular flexibility index (Phi) is 3.55.